The Kier molecular flexibility index (Phi) is 4.20. The van der Waals surface area contributed by atoms with Crippen LogP contribution >= 0.6 is 0 Å². The predicted molar refractivity (Wildman–Crippen MR) is 85.9 cm³/mol. The molecule has 0 radical (unpaired) electrons. The Morgan fingerprint density at radius 3 is 2.77 bits per heavy atom. The first-order chi connectivity index (χ1) is 12.4. The number of fused-ring (bicyclic) bond motifs is 1. The third-order valence-corrected chi connectivity index (χ3v) is 4.83. The number of nitrogens with one attached hydrogen (secondary N) is 2. The molecule has 26 heavy (non-hydrogen) atoms. The van der Waals surface area contributed by atoms with Crippen LogP contribution in [0.2, 0.25) is 0 Å². The normalized spacial score (nSPS) is 25.3. The van der Waals surface area contributed by atoms with Gasteiger partial charge in [-0.1, -0.05) is 0 Å². The van der Waals surface area contributed by atoms with Crippen molar-refractivity contribution in [3.8, 4) is 5.69 Å². The molecule has 6 nitrogen and oxygen atoms in total. The zero-order valence-electron chi connectivity index (χ0n) is 13.7. The zero-order chi connectivity index (χ0) is 18.3. The van der Waals surface area contributed by atoms with Gasteiger partial charge >= 0.3 is 6.18 Å². The summed E-state index contributed by atoms with van der Waals surface area (Å²) in [6.07, 6.45) is -1.36. The number of nitrogens with zero attached hydrogens (tertiary/aromatic N) is 2. The number of alkyl halides is 3. The van der Waals surface area contributed by atoms with E-state index in [0.717, 1.165) is 25.2 Å². The molecule has 1 amide bonds. The Labute approximate surface area is 147 Å². The van der Waals surface area contributed by atoms with Crippen molar-refractivity contribution in [3.63, 3.8) is 0 Å². The fraction of sp³-hybridized carbons (Fsp3) is 0.412. The highest BCUT2D eigenvalue weighted by Gasteiger charge is 2.41. The van der Waals surface area contributed by atoms with E-state index >= 15 is 0 Å². The average Bonchev–Trinajstić information content (AvgIpc) is 3.32. The molecule has 9 heteroatoms. The molecule has 2 aliphatic heterocycles. The molecule has 0 unspecified atom stereocenters. The Hall–Kier alpha value is -2.39. The number of halogens is 3. The molecule has 0 aliphatic carbocycles. The lowest BCUT2D eigenvalue weighted by molar-refractivity contribution is -0.137. The summed E-state index contributed by atoms with van der Waals surface area (Å²) >= 11 is 0. The minimum Gasteiger partial charge on any atom is -0.374 e. The molecule has 0 spiro atoms. The van der Waals surface area contributed by atoms with Crippen molar-refractivity contribution in [1.29, 1.82) is 0 Å². The number of hydrogen-bond acceptors (Lipinski definition) is 4. The Balaban J connectivity index is 1.45. The van der Waals surface area contributed by atoms with E-state index in [1.807, 2.05) is 0 Å². The van der Waals surface area contributed by atoms with Gasteiger partial charge in [0.05, 0.1) is 41.8 Å². The van der Waals surface area contributed by atoms with Gasteiger partial charge < -0.3 is 15.4 Å². The van der Waals surface area contributed by atoms with Gasteiger partial charge in [0.2, 0.25) is 0 Å². The predicted octanol–water partition coefficient (Wildman–Crippen LogP) is 1.61. The highest BCUT2D eigenvalue weighted by Crippen LogP contribution is 2.29. The first-order valence-electron chi connectivity index (χ1n) is 8.27. The number of ether oxygens (including phenoxy) is 1. The summed E-state index contributed by atoms with van der Waals surface area (Å²) in [5, 5.41) is 10.3. The molecular formula is C17H17F3N4O2. The lowest BCUT2D eigenvalue weighted by atomic mass is 10.00. The second kappa shape index (κ2) is 6.40. The van der Waals surface area contributed by atoms with Crippen molar-refractivity contribution in [2.75, 3.05) is 19.7 Å². The van der Waals surface area contributed by atoms with Crippen LogP contribution in [0.5, 0.6) is 0 Å². The molecule has 2 N–H and O–H groups in total. The molecule has 0 saturated carbocycles. The van der Waals surface area contributed by atoms with E-state index in [0.29, 0.717) is 17.9 Å². The second-order valence-corrected chi connectivity index (χ2v) is 6.49. The van der Waals surface area contributed by atoms with Crippen LogP contribution in [0.4, 0.5) is 13.2 Å². The van der Waals surface area contributed by atoms with Gasteiger partial charge in [-0.05, 0) is 24.3 Å². The summed E-state index contributed by atoms with van der Waals surface area (Å²) in [6, 6.07) is 4.55. The molecule has 2 aliphatic rings. The number of aromatic nitrogens is 2. The molecule has 1 aromatic carbocycles. The number of hydrogen-bond donors (Lipinski definition) is 2. The van der Waals surface area contributed by atoms with Crippen molar-refractivity contribution in [3.05, 3.63) is 47.8 Å². The highest BCUT2D eigenvalue weighted by molar-refractivity contribution is 5.94. The van der Waals surface area contributed by atoms with Gasteiger partial charge in [-0.15, -0.1) is 0 Å². The third-order valence-electron chi connectivity index (χ3n) is 4.83. The molecule has 4 rings (SSSR count). The first-order valence-corrected chi connectivity index (χ1v) is 8.27. The van der Waals surface area contributed by atoms with Gasteiger partial charge in [0.15, 0.2) is 0 Å². The molecule has 0 bridgehead atoms. The molecular weight excluding hydrogens is 349 g/mol. The van der Waals surface area contributed by atoms with E-state index in [2.05, 4.69) is 15.7 Å². The number of amides is 1. The van der Waals surface area contributed by atoms with Crippen molar-refractivity contribution < 1.29 is 22.7 Å². The number of carbonyl (C=O) groups is 1. The van der Waals surface area contributed by atoms with E-state index in [4.69, 9.17) is 4.74 Å². The minimum absolute atomic E-state index is 0.0584. The Bertz CT molecular complexity index is 803. The van der Waals surface area contributed by atoms with Crippen molar-refractivity contribution >= 4 is 5.91 Å². The van der Waals surface area contributed by atoms with E-state index in [-0.39, 0.29) is 24.0 Å². The lowest BCUT2D eigenvalue weighted by Gasteiger charge is -2.16. The maximum Gasteiger partial charge on any atom is 0.416 e. The van der Waals surface area contributed by atoms with Gasteiger partial charge in [0.1, 0.15) is 0 Å². The third kappa shape index (κ3) is 3.19. The van der Waals surface area contributed by atoms with Gasteiger partial charge in [0.25, 0.3) is 5.91 Å². The lowest BCUT2D eigenvalue weighted by Crippen LogP contribution is -2.41. The molecule has 3 heterocycles. The summed E-state index contributed by atoms with van der Waals surface area (Å²) < 4.78 is 44.9. The summed E-state index contributed by atoms with van der Waals surface area (Å²) in [7, 11) is 0. The largest absolute Gasteiger partial charge is 0.416 e. The van der Waals surface area contributed by atoms with E-state index in [1.54, 1.807) is 0 Å². The van der Waals surface area contributed by atoms with E-state index in [1.165, 1.54) is 29.2 Å². The standard InChI is InChI=1S/C17H17F3N4O2/c18-17(19,20)11-1-3-12(4-2-11)24-8-10(5-22-24)16(25)23-14-9-26-15-7-21-6-13(14)15/h1-5,8,13-15,21H,6-7,9H2,(H,23,25)/t13-,14-,15-/m1/s1. The van der Waals surface area contributed by atoms with E-state index < -0.39 is 11.7 Å². The van der Waals surface area contributed by atoms with Crippen molar-refractivity contribution in [2.24, 2.45) is 5.92 Å². The summed E-state index contributed by atoms with van der Waals surface area (Å²) in [6.45, 7) is 2.08. The van der Waals surface area contributed by atoms with Gasteiger partial charge in [0, 0.05) is 25.2 Å². The molecule has 138 valence electrons. The van der Waals surface area contributed by atoms with E-state index in [9.17, 15) is 18.0 Å². The van der Waals surface area contributed by atoms with Crippen LogP contribution in [-0.4, -0.2) is 47.5 Å². The molecule has 2 aromatic rings. The summed E-state index contributed by atoms with van der Waals surface area (Å²) in [5.74, 6) is -0.0202. The van der Waals surface area contributed by atoms with Gasteiger partial charge in [-0.2, -0.15) is 18.3 Å². The topological polar surface area (TPSA) is 68.2 Å². The van der Waals surface area contributed by atoms with Crippen molar-refractivity contribution in [1.82, 2.24) is 20.4 Å². The SMILES string of the molecule is O=C(N[C@@H]1CO[C@@H]2CNC[C@H]12)c1cnn(-c2ccc(C(F)(F)F)cc2)c1. The van der Waals surface area contributed by atoms with Gasteiger partial charge in [-0.3, -0.25) is 4.79 Å². The molecule has 2 saturated heterocycles. The quantitative estimate of drug-likeness (QED) is 0.866. The summed E-state index contributed by atoms with van der Waals surface area (Å²) in [5.41, 5.74) is 0.0629. The van der Waals surface area contributed by atoms with Crippen LogP contribution in [0.1, 0.15) is 15.9 Å². The number of benzene rings is 1. The zero-order valence-corrected chi connectivity index (χ0v) is 13.7. The van der Waals surface area contributed by atoms with Crippen LogP contribution in [-0.2, 0) is 10.9 Å². The van der Waals surface area contributed by atoms with Crippen LogP contribution in [0.15, 0.2) is 36.7 Å². The van der Waals surface area contributed by atoms with Crippen LogP contribution in [0.3, 0.4) is 0 Å². The average molecular weight is 366 g/mol. The minimum atomic E-state index is -4.38. The number of rotatable bonds is 3. The highest BCUT2D eigenvalue weighted by atomic mass is 19.4. The fourth-order valence-electron chi connectivity index (χ4n) is 3.39. The molecule has 1 aromatic heterocycles. The van der Waals surface area contributed by atoms with Crippen LogP contribution in [0.25, 0.3) is 5.69 Å². The molecule has 2 fully saturated rings. The van der Waals surface area contributed by atoms with Crippen molar-refractivity contribution in [2.45, 2.75) is 18.3 Å². The van der Waals surface area contributed by atoms with Crippen LogP contribution in [0, 0.1) is 5.92 Å². The second-order valence-electron chi connectivity index (χ2n) is 6.49. The number of carbonyl (C=O) groups excluding carboxylic acids is 1. The monoisotopic (exact) mass is 366 g/mol. The maximum absolute atomic E-state index is 12.6. The smallest absolute Gasteiger partial charge is 0.374 e. The summed E-state index contributed by atoms with van der Waals surface area (Å²) in [4.78, 5) is 12.4. The van der Waals surface area contributed by atoms with Crippen LogP contribution < -0.4 is 10.6 Å². The first kappa shape index (κ1) is 17.0. The Morgan fingerprint density at radius 1 is 1.27 bits per heavy atom. The molecule has 3 atom stereocenters. The Morgan fingerprint density at radius 2 is 2.04 bits per heavy atom. The maximum atomic E-state index is 12.6. The fourth-order valence-corrected chi connectivity index (χ4v) is 3.39. The van der Waals surface area contributed by atoms with Gasteiger partial charge in [-0.25, -0.2) is 4.68 Å².